The maximum Gasteiger partial charge on any atom is 0.101 e. The summed E-state index contributed by atoms with van der Waals surface area (Å²) in [5.41, 5.74) is 1.94. The number of benzene rings is 1. The second kappa shape index (κ2) is 4.85. The molecule has 0 aliphatic rings. The molecule has 1 N–H and O–H groups in total. The van der Waals surface area contributed by atoms with E-state index in [0.717, 1.165) is 21.4 Å². The van der Waals surface area contributed by atoms with E-state index in [2.05, 4.69) is 15.9 Å². The van der Waals surface area contributed by atoms with Gasteiger partial charge in [0.25, 0.3) is 0 Å². The van der Waals surface area contributed by atoms with Crippen molar-refractivity contribution in [1.29, 1.82) is 0 Å². The van der Waals surface area contributed by atoms with E-state index in [1.54, 1.807) is 6.26 Å². The molecule has 1 atom stereocenters. The Balaban J connectivity index is 2.07. The number of halogens is 1. The van der Waals surface area contributed by atoms with Crippen LogP contribution in [-0.4, -0.2) is 5.11 Å². The summed E-state index contributed by atoms with van der Waals surface area (Å²) >= 11 is 3.38. The van der Waals surface area contributed by atoms with Crippen molar-refractivity contribution in [2.75, 3.05) is 0 Å². The fraction of sp³-hybridized carbons (Fsp3) is 0.231. The van der Waals surface area contributed by atoms with Gasteiger partial charge in [-0.15, -0.1) is 0 Å². The smallest absolute Gasteiger partial charge is 0.101 e. The van der Waals surface area contributed by atoms with Crippen LogP contribution < -0.4 is 0 Å². The van der Waals surface area contributed by atoms with Crippen molar-refractivity contribution < 1.29 is 9.52 Å². The Hall–Kier alpha value is -1.06. The molecule has 0 aliphatic carbocycles. The van der Waals surface area contributed by atoms with Crippen molar-refractivity contribution >= 4 is 15.9 Å². The second-order valence-electron chi connectivity index (χ2n) is 3.84. The highest BCUT2D eigenvalue weighted by molar-refractivity contribution is 9.10. The zero-order chi connectivity index (χ0) is 11.5. The molecule has 0 radical (unpaired) electrons. The van der Waals surface area contributed by atoms with Crippen LogP contribution in [0, 0.1) is 6.92 Å². The average Bonchev–Trinajstić information content (AvgIpc) is 2.68. The van der Waals surface area contributed by atoms with E-state index in [9.17, 15) is 5.11 Å². The summed E-state index contributed by atoms with van der Waals surface area (Å²) < 4.78 is 6.22. The lowest BCUT2D eigenvalue weighted by Crippen LogP contribution is -2.00. The quantitative estimate of drug-likeness (QED) is 0.932. The summed E-state index contributed by atoms with van der Waals surface area (Å²) in [6.07, 6.45) is 1.71. The van der Waals surface area contributed by atoms with Gasteiger partial charge in [0.15, 0.2) is 0 Å². The van der Waals surface area contributed by atoms with Crippen LogP contribution in [0.15, 0.2) is 45.5 Å². The van der Waals surface area contributed by atoms with Gasteiger partial charge in [-0.3, -0.25) is 0 Å². The molecule has 0 saturated carbocycles. The third-order valence-electron chi connectivity index (χ3n) is 2.48. The molecule has 1 unspecified atom stereocenters. The maximum atomic E-state index is 9.98. The summed E-state index contributed by atoms with van der Waals surface area (Å²) in [5, 5.41) is 9.98. The van der Waals surface area contributed by atoms with E-state index in [4.69, 9.17) is 4.42 Å². The van der Waals surface area contributed by atoms with E-state index in [0.29, 0.717) is 6.42 Å². The average molecular weight is 281 g/mol. The highest BCUT2D eigenvalue weighted by Gasteiger charge is 2.10. The number of aryl methyl sites for hydroxylation is 1. The molecule has 2 rings (SSSR count). The first-order chi connectivity index (χ1) is 7.65. The Morgan fingerprint density at radius 1 is 1.31 bits per heavy atom. The van der Waals surface area contributed by atoms with E-state index >= 15 is 0 Å². The number of furan rings is 1. The lowest BCUT2D eigenvalue weighted by molar-refractivity contribution is 0.177. The monoisotopic (exact) mass is 280 g/mol. The summed E-state index contributed by atoms with van der Waals surface area (Å²) in [4.78, 5) is 0. The normalized spacial score (nSPS) is 12.7. The van der Waals surface area contributed by atoms with Crippen LogP contribution in [-0.2, 0) is 6.42 Å². The van der Waals surface area contributed by atoms with E-state index in [-0.39, 0.29) is 0 Å². The highest BCUT2D eigenvalue weighted by atomic mass is 79.9. The molecular formula is C13H13BrO2. The van der Waals surface area contributed by atoms with Crippen LogP contribution in [0.4, 0.5) is 0 Å². The molecule has 0 bridgehead atoms. The molecule has 0 spiro atoms. The zero-order valence-corrected chi connectivity index (χ0v) is 10.6. The minimum absolute atomic E-state index is 0.501. The van der Waals surface area contributed by atoms with Crippen LogP contribution in [0.3, 0.4) is 0 Å². The van der Waals surface area contributed by atoms with Gasteiger partial charge in [-0.1, -0.05) is 28.1 Å². The third kappa shape index (κ3) is 2.74. The molecule has 0 aliphatic heterocycles. The van der Waals surface area contributed by atoms with Crippen LogP contribution in [0.1, 0.15) is 23.0 Å². The van der Waals surface area contributed by atoms with Crippen molar-refractivity contribution in [3.8, 4) is 0 Å². The maximum absolute atomic E-state index is 9.98. The Kier molecular flexibility index (Phi) is 3.46. The van der Waals surface area contributed by atoms with Gasteiger partial charge in [0.05, 0.1) is 12.4 Å². The minimum Gasteiger partial charge on any atom is -0.469 e. The molecule has 1 heterocycles. The summed E-state index contributed by atoms with van der Waals surface area (Å²) in [6, 6.07) is 9.81. The predicted molar refractivity (Wildman–Crippen MR) is 66.3 cm³/mol. The summed E-state index contributed by atoms with van der Waals surface area (Å²) in [5.74, 6) is 0.824. The number of rotatable bonds is 3. The molecule has 2 aromatic rings. The standard InChI is InChI=1S/C13H13BrO2/c1-9-6-11(8-16-9)13(15)7-10-2-4-12(14)5-3-10/h2-6,8,13,15H,7H2,1H3. The van der Waals surface area contributed by atoms with Gasteiger partial charge in [0.1, 0.15) is 5.76 Å². The van der Waals surface area contributed by atoms with Gasteiger partial charge < -0.3 is 9.52 Å². The number of aliphatic hydroxyl groups excluding tert-OH is 1. The van der Waals surface area contributed by atoms with Crippen molar-refractivity contribution in [3.05, 3.63) is 58.0 Å². The molecule has 1 aromatic carbocycles. The SMILES string of the molecule is Cc1cc(C(O)Cc2ccc(Br)cc2)co1. The fourth-order valence-electron chi connectivity index (χ4n) is 1.60. The Morgan fingerprint density at radius 2 is 2.00 bits per heavy atom. The van der Waals surface area contributed by atoms with Gasteiger partial charge in [-0.2, -0.15) is 0 Å². The zero-order valence-electron chi connectivity index (χ0n) is 8.98. The molecule has 1 aromatic heterocycles. The van der Waals surface area contributed by atoms with E-state index in [1.807, 2.05) is 37.3 Å². The highest BCUT2D eigenvalue weighted by Crippen LogP contribution is 2.21. The fourth-order valence-corrected chi connectivity index (χ4v) is 1.86. The lowest BCUT2D eigenvalue weighted by Gasteiger charge is -2.08. The topological polar surface area (TPSA) is 33.4 Å². The summed E-state index contributed by atoms with van der Waals surface area (Å²) in [6.45, 7) is 1.87. The van der Waals surface area contributed by atoms with Gasteiger partial charge in [-0.25, -0.2) is 0 Å². The van der Waals surface area contributed by atoms with E-state index in [1.165, 1.54) is 0 Å². The van der Waals surface area contributed by atoms with Gasteiger partial charge >= 0.3 is 0 Å². The van der Waals surface area contributed by atoms with Crippen molar-refractivity contribution in [3.63, 3.8) is 0 Å². The van der Waals surface area contributed by atoms with Gasteiger partial charge in [-0.05, 0) is 30.7 Å². The molecule has 84 valence electrons. The van der Waals surface area contributed by atoms with Crippen molar-refractivity contribution in [2.45, 2.75) is 19.4 Å². The Morgan fingerprint density at radius 3 is 2.56 bits per heavy atom. The van der Waals surface area contributed by atoms with Crippen LogP contribution >= 0.6 is 15.9 Å². The van der Waals surface area contributed by atoms with Crippen molar-refractivity contribution in [2.24, 2.45) is 0 Å². The minimum atomic E-state index is -0.501. The van der Waals surface area contributed by atoms with E-state index < -0.39 is 6.10 Å². The molecule has 0 amide bonds. The predicted octanol–water partition coefficient (Wildman–Crippen LogP) is 3.63. The first kappa shape index (κ1) is 11.4. The first-order valence-corrected chi connectivity index (χ1v) is 5.92. The number of hydrogen-bond donors (Lipinski definition) is 1. The van der Waals surface area contributed by atoms with Crippen LogP contribution in [0.25, 0.3) is 0 Å². The Labute approximate surface area is 103 Å². The van der Waals surface area contributed by atoms with Crippen LogP contribution in [0.5, 0.6) is 0 Å². The molecule has 16 heavy (non-hydrogen) atoms. The van der Waals surface area contributed by atoms with Crippen LogP contribution in [0.2, 0.25) is 0 Å². The molecule has 0 saturated heterocycles. The molecule has 0 fully saturated rings. The molecular weight excluding hydrogens is 268 g/mol. The first-order valence-electron chi connectivity index (χ1n) is 5.12. The number of aliphatic hydroxyl groups is 1. The number of hydrogen-bond acceptors (Lipinski definition) is 2. The third-order valence-corrected chi connectivity index (χ3v) is 3.01. The lowest BCUT2D eigenvalue weighted by atomic mass is 10.0. The summed E-state index contributed by atoms with van der Waals surface area (Å²) in [7, 11) is 0. The van der Waals surface area contributed by atoms with Gasteiger partial charge in [0, 0.05) is 16.5 Å². The van der Waals surface area contributed by atoms with Crippen molar-refractivity contribution in [1.82, 2.24) is 0 Å². The second-order valence-corrected chi connectivity index (χ2v) is 4.75. The largest absolute Gasteiger partial charge is 0.469 e. The molecule has 2 nitrogen and oxygen atoms in total. The molecule has 3 heteroatoms. The van der Waals surface area contributed by atoms with Gasteiger partial charge in [0.2, 0.25) is 0 Å². The Bertz CT molecular complexity index is 459.